The molecule has 1 amide bonds. The quantitative estimate of drug-likeness (QED) is 0.679. The van der Waals surface area contributed by atoms with E-state index in [1.807, 2.05) is 0 Å². The summed E-state index contributed by atoms with van der Waals surface area (Å²) in [5.74, 6) is 1.85. The van der Waals surface area contributed by atoms with Crippen LogP contribution in [0.3, 0.4) is 0 Å². The van der Waals surface area contributed by atoms with E-state index in [1.54, 1.807) is 0 Å². The summed E-state index contributed by atoms with van der Waals surface area (Å²) < 4.78 is 20.9. The van der Waals surface area contributed by atoms with Crippen molar-refractivity contribution in [2.45, 2.75) is 108 Å². The van der Waals surface area contributed by atoms with E-state index in [4.69, 9.17) is 4.74 Å². The number of alkyl halides is 1. The lowest BCUT2D eigenvalue weighted by Crippen LogP contribution is -2.66. The molecule has 30 heavy (non-hydrogen) atoms. The summed E-state index contributed by atoms with van der Waals surface area (Å²) in [7, 11) is 0. The van der Waals surface area contributed by atoms with Crippen molar-refractivity contribution in [2.24, 2.45) is 29.1 Å². The highest BCUT2D eigenvalue weighted by atomic mass is 19.1. The predicted octanol–water partition coefficient (Wildman–Crippen LogP) is 4.49. The van der Waals surface area contributed by atoms with Gasteiger partial charge in [-0.15, -0.1) is 0 Å². The van der Waals surface area contributed by atoms with E-state index in [0.29, 0.717) is 30.8 Å². The summed E-state index contributed by atoms with van der Waals surface area (Å²) in [6.45, 7) is 6.23. The van der Waals surface area contributed by atoms with Crippen LogP contribution in [0.2, 0.25) is 0 Å². The Bertz CT molecular complexity index is 667. The highest BCUT2D eigenvalue weighted by molar-refractivity contribution is 5.82. The molecular formula is C25H40FNO3. The number of ether oxygens (including phenoxy) is 1. The molecule has 2 heterocycles. The van der Waals surface area contributed by atoms with Crippen molar-refractivity contribution < 1.29 is 19.0 Å². The number of halogens is 1. The molecule has 0 radical (unpaired) electrons. The maximum atomic E-state index is 15.0. The largest absolute Gasteiger partial charge is 0.390 e. The highest BCUT2D eigenvalue weighted by Gasteiger charge is 2.61. The third kappa shape index (κ3) is 3.09. The van der Waals surface area contributed by atoms with Crippen LogP contribution in [-0.2, 0) is 9.53 Å². The number of likely N-dealkylation sites (tertiary alicyclic amines) is 1. The second kappa shape index (κ2) is 7.72. The van der Waals surface area contributed by atoms with Gasteiger partial charge in [0.25, 0.3) is 5.91 Å². The van der Waals surface area contributed by atoms with Gasteiger partial charge in [-0.25, -0.2) is 4.39 Å². The fourth-order valence-corrected chi connectivity index (χ4v) is 8.62. The minimum atomic E-state index is -1.06. The Balaban J connectivity index is 1.39. The van der Waals surface area contributed by atoms with Gasteiger partial charge in [-0.1, -0.05) is 6.92 Å². The molecule has 3 unspecified atom stereocenters. The number of aliphatic hydroxyl groups is 1. The zero-order valence-corrected chi connectivity index (χ0v) is 18.8. The summed E-state index contributed by atoms with van der Waals surface area (Å²) >= 11 is 0. The number of nitrogens with zero attached hydrogens (tertiary/aromatic N) is 1. The molecule has 170 valence electrons. The Morgan fingerprint density at radius 1 is 0.967 bits per heavy atom. The molecule has 4 nitrogen and oxygen atoms in total. The van der Waals surface area contributed by atoms with E-state index in [2.05, 4.69) is 18.7 Å². The van der Waals surface area contributed by atoms with E-state index in [1.165, 1.54) is 6.42 Å². The van der Waals surface area contributed by atoms with E-state index in [9.17, 15) is 14.3 Å². The number of carbonyl (C=O) groups is 1. The Hall–Kier alpha value is -0.680. The van der Waals surface area contributed by atoms with Crippen LogP contribution >= 0.6 is 0 Å². The molecule has 1 N–H and O–H groups in total. The minimum absolute atomic E-state index is 0.00165. The second-order valence-corrected chi connectivity index (χ2v) is 11.5. The lowest BCUT2D eigenvalue weighted by Gasteiger charge is -2.64. The molecule has 0 spiro atoms. The third-order valence-electron chi connectivity index (χ3n) is 10.3. The number of piperidine rings is 1. The third-order valence-corrected chi connectivity index (χ3v) is 10.3. The first-order chi connectivity index (χ1) is 14.4. The van der Waals surface area contributed by atoms with Crippen molar-refractivity contribution in [1.29, 1.82) is 0 Å². The Kier molecular flexibility index (Phi) is 5.45. The van der Waals surface area contributed by atoms with Crippen molar-refractivity contribution in [2.75, 3.05) is 13.2 Å². The molecule has 3 aliphatic carbocycles. The van der Waals surface area contributed by atoms with Gasteiger partial charge in [-0.05, 0) is 107 Å². The van der Waals surface area contributed by atoms with Crippen LogP contribution in [0.1, 0.15) is 84.5 Å². The highest BCUT2D eigenvalue weighted by Crippen LogP contribution is 2.63. The maximum Gasteiger partial charge on any atom is 0.252 e. The smallest absolute Gasteiger partial charge is 0.252 e. The van der Waals surface area contributed by atoms with E-state index in [0.717, 1.165) is 64.3 Å². The first kappa shape index (κ1) is 21.2. The molecule has 5 heteroatoms. The molecule has 9 atom stereocenters. The van der Waals surface area contributed by atoms with Crippen LogP contribution < -0.4 is 0 Å². The van der Waals surface area contributed by atoms with Crippen molar-refractivity contribution in [3.8, 4) is 0 Å². The van der Waals surface area contributed by atoms with Crippen LogP contribution in [0.25, 0.3) is 0 Å². The van der Waals surface area contributed by atoms with Crippen molar-refractivity contribution >= 4 is 5.91 Å². The fourth-order valence-electron chi connectivity index (χ4n) is 8.62. The van der Waals surface area contributed by atoms with Crippen LogP contribution in [0, 0.1) is 29.1 Å². The average molecular weight is 422 g/mol. The SMILES string of the molecule is C[C@]12CC[C@H](O)[C@H](F)C1CC[C@@H]1C2CC[C@@]2(C)C1CCCN2C(=O)[C@H]1CCCCO1. The molecule has 2 aliphatic heterocycles. The molecule has 2 saturated heterocycles. The molecular weight excluding hydrogens is 381 g/mol. The number of aliphatic hydroxyl groups excluding tert-OH is 1. The van der Waals surface area contributed by atoms with Gasteiger partial charge in [0.05, 0.1) is 6.10 Å². The molecule has 5 aliphatic rings. The molecule has 5 fully saturated rings. The predicted molar refractivity (Wildman–Crippen MR) is 114 cm³/mol. The number of carbonyl (C=O) groups excluding carboxylic acids is 1. The topological polar surface area (TPSA) is 49.8 Å². The first-order valence-corrected chi connectivity index (χ1v) is 12.6. The van der Waals surface area contributed by atoms with Gasteiger partial charge < -0.3 is 14.7 Å². The van der Waals surface area contributed by atoms with Gasteiger partial charge in [0.1, 0.15) is 12.3 Å². The summed E-state index contributed by atoms with van der Waals surface area (Å²) in [6.07, 6.45) is 8.81. The molecule has 0 aromatic carbocycles. The Morgan fingerprint density at radius 3 is 2.57 bits per heavy atom. The fraction of sp³-hybridized carbons (Fsp3) is 0.960. The van der Waals surface area contributed by atoms with Crippen LogP contribution in [-0.4, -0.2) is 53.0 Å². The van der Waals surface area contributed by atoms with E-state index < -0.39 is 12.3 Å². The van der Waals surface area contributed by atoms with Gasteiger partial charge in [-0.3, -0.25) is 4.79 Å². The number of amides is 1. The van der Waals surface area contributed by atoms with Gasteiger partial charge in [0.2, 0.25) is 0 Å². The zero-order chi connectivity index (χ0) is 21.1. The lowest BCUT2D eigenvalue weighted by molar-refractivity contribution is -0.183. The summed E-state index contributed by atoms with van der Waals surface area (Å²) in [5, 5.41) is 10.1. The van der Waals surface area contributed by atoms with Crippen molar-refractivity contribution in [3.05, 3.63) is 0 Å². The molecule has 0 bridgehead atoms. The molecule has 3 saturated carbocycles. The minimum Gasteiger partial charge on any atom is -0.390 e. The normalized spacial score (nSPS) is 51.5. The molecule has 0 aromatic rings. The number of hydrogen-bond acceptors (Lipinski definition) is 3. The first-order valence-electron chi connectivity index (χ1n) is 12.6. The number of rotatable bonds is 1. The summed E-state index contributed by atoms with van der Waals surface area (Å²) in [4.78, 5) is 15.7. The van der Waals surface area contributed by atoms with E-state index >= 15 is 0 Å². The summed E-state index contributed by atoms with van der Waals surface area (Å²) in [5.41, 5.74) is -0.0779. The van der Waals surface area contributed by atoms with Crippen molar-refractivity contribution in [3.63, 3.8) is 0 Å². The van der Waals surface area contributed by atoms with Gasteiger partial charge in [0, 0.05) is 18.7 Å². The Labute approximate surface area is 180 Å². The standard InChI is InChI=1S/C25H40FNO3/c1-24-12-11-20(28)22(26)19(24)9-8-16-17(24)10-13-25(2)18(16)6-5-14-27(25)23(29)21-7-3-4-15-30-21/h16-22,28H,3-15H2,1-2H3/t16-,17?,18?,19?,20+,21-,22-,24-,25+/m1/s1. The summed E-state index contributed by atoms with van der Waals surface area (Å²) in [6, 6.07) is 0. The van der Waals surface area contributed by atoms with Gasteiger partial charge in [0.15, 0.2) is 0 Å². The molecule has 5 rings (SSSR count). The van der Waals surface area contributed by atoms with Gasteiger partial charge >= 0.3 is 0 Å². The van der Waals surface area contributed by atoms with Crippen LogP contribution in [0.5, 0.6) is 0 Å². The maximum absolute atomic E-state index is 15.0. The van der Waals surface area contributed by atoms with Crippen molar-refractivity contribution in [1.82, 2.24) is 4.90 Å². The van der Waals surface area contributed by atoms with Crippen LogP contribution in [0.15, 0.2) is 0 Å². The Morgan fingerprint density at radius 2 is 1.80 bits per heavy atom. The monoisotopic (exact) mass is 421 g/mol. The number of hydrogen-bond donors (Lipinski definition) is 1. The average Bonchev–Trinajstić information content (AvgIpc) is 2.76. The van der Waals surface area contributed by atoms with E-state index in [-0.39, 0.29) is 28.9 Å². The second-order valence-electron chi connectivity index (χ2n) is 11.5. The lowest BCUT2D eigenvalue weighted by atomic mass is 9.44. The van der Waals surface area contributed by atoms with Crippen LogP contribution in [0.4, 0.5) is 4.39 Å². The zero-order valence-electron chi connectivity index (χ0n) is 18.8. The molecule has 0 aromatic heterocycles. The van der Waals surface area contributed by atoms with Gasteiger partial charge in [-0.2, -0.15) is 0 Å². The number of fused-ring (bicyclic) bond motifs is 5.